The van der Waals surface area contributed by atoms with Gasteiger partial charge in [-0.2, -0.15) is 0 Å². The summed E-state index contributed by atoms with van der Waals surface area (Å²) in [6.07, 6.45) is 12.9. The zero-order chi connectivity index (χ0) is 16.1. The van der Waals surface area contributed by atoms with Gasteiger partial charge in [0.25, 0.3) is 0 Å². The highest BCUT2D eigenvalue weighted by molar-refractivity contribution is 5.80. The predicted octanol–water partition coefficient (Wildman–Crippen LogP) is 5.36. The number of aryl methyl sites for hydroxylation is 1. The maximum atomic E-state index is 8.51. The average Bonchev–Trinajstić information content (AvgIpc) is 3.06. The topological polar surface area (TPSA) is 28.8 Å². The number of aromatic nitrogens is 1. The zero-order valence-corrected chi connectivity index (χ0v) is 14.5. The Balaban J connectivity index is 1.73. The molecule has 0 saturated heterocycles. The molecule has 0 fully saturated rings. The molecule has 1 aliphatic rings. The second kappa shape index (κ2) is 7.81. The molecular formula is C21H30N2. The number of hydrogen-bond donors (Lipinski definition) is 1. The Labute approximate surface area is 140 Å². The Morgan fingerprint density at radius 3 is 2.52 bits per heavy atom. The standard InChI is InChI=1S/C21H30N2/c1-2-3-4-5-6-7-10-16-23-19-14-9-8-12-17(19)21(22)18-13-11-15-20(18)23/h8-9,12,14,22H,2-7,10-11,13,15-16H2,1H3. The number of rotatable bonds is 8. The van der Waals surface area contributed by atoms with Crippen molar-refractivity contribution in [3.8, 4) is 0 Å². The molecule has 2 heteroatoms. The van der Waals surface area contributed by atoms with Crippen LogP contribution in [0.3, 0.4) is 0 Å². The van der Waals surface area contributed by atoms with Gasteiger partial charge in [-0.3, -0.25) is 5.41 Å². The first-order valence-corrected chi connectivity index (χ1v) is 9.51. The van der Waals surface area contributed by atoms with Crippen molar-refractivity contribution in [1.29, 1.82) is 5.41 Å². The maximum Gasteiger partial charge on any atom is 0.0682 e. The molecule has 2 nitrogen and oxygen atoms in total. The van der Waals surface area contributed by atoms with Crippen molar-refractivity contribution < 1.29 is 0 Å². The van der Waals surface area contributed by atoms with Gasteiger partial charge in [-0.25, -0.2) is 0 Å². The number of nitrogens with zero attached hydrogens (tertiary/aromatic N) is 1. The number of fused-ring (bicyclic) bond motifs is 2. The van der Waals surface area contributed by atoms with E-state index in [0.29, 0.717) is 0 Å². The number of pyridine rings is 1. The third-order valence-electron chi connectivity index (χ3n) is 5.27. The second-order valence-electron chi connectivity index (χ2n) is 6.94. The lowest BCUT2D eigenvalue weighted by Gasteiger charge is -2.17. The lowest BCUT2D eigenvalue weighted by atomic mass is 10.1. The van der Waals surface area contributed by atoms with E-state index in [-0.39, 0.29) is 0 Å². The van der Waals surface area contributed by atoms with Gasteiger partial charge in [-0.1, -0.05) is 63.6 Å². The minimum Gasteiger partial charge on any atom is -0.344 e. The highest BCUT2D eigenvalue weighted by atomic mass is 15.0. The van der Waals surface area contributed by atoms with E-state index in [4.69, 9.17) is 5.41 Å². The summed E-state index contributed by atoms with van der Waals surface area (Å²) in [6.45, 7) is 3.40. The van der Waals surface area contributed by atoms with Crippen LogP contribution in [0.25, 0.3) is 10.9 Å². The molecule has 1 aromatic heterocycles. The molecule has 0 aliphatic heterocycles. The minimum atomic E-state index is 0.781. The van der Waals surface area contributed by atoms with Crippen molar-refractivity contribution in [1.82, 2.24) is 4.57 Å². The van der Waals surface area contributed by atoms with Gasteiger partial charge in [-0.05, 0) is 37.3 Å². The smallest absolute Gasteiger partial charge is 0.0682 e. The fraction of sp³-hybridized carbons (Fsp3) is 0.571. The number of hydrogen-bond acceptors (Lipinski definition) is 1. The van der Waals surface area contributed by atoms with E-state index >= 15 is 0 Å². The fourth-order valence-electron chi connectivity index (χ4n) is 4.01. The molecule has 3 rings (SSSR count). The number of benzene rings is 1. The van der Waals surface area contributed by atoms with Crippen LogP contribution in [0, 0.1) is 5.41 Å². The van der Waals surface area contributed by atoms with Gasteiger partial charge in [0.1, 0.15) is 0 Å². The Morgan fingerprint density at radius 2 is 1.70 bits per heavy atom. The van der Waals surface area contributed by atoms with Crippen LogP contribution >= 0.6 is 0 Å². The normalized spacial score (nSPS) is 13.6. The van der Waals surface area contributed by atoms with Crippen molar-refractivity contribution in [2.45, 2.75) is 77.7 Å². The maximum absolute atomic E-state index is 8.51. The molecule has 1 heterocycles. The summed E-state index contributed by atoms with van der Waals surface area (Å²) in [6, 6.07) is 8.51. The summed E-state index contributed by atoms with van der Waals surface area (Å²) in [4.78, 5) is 0. The molecule has 23 heavy (non-hydrogen) atoms. The Kier molecular flexibility index (Phi) is 5.53. The minimum absolute atomic E-state index is 0.781. The van der Waals surface area contributed by atoms with Crippen LogP contribution < -0.4 is 5.36 Å². The van der Waals surface area contributed by atoms with E-state index in [9.17, 15) is 0 Å². The lowest BCUT2D eigenvalue weighted by molar-refractivity contribution is 0.548. The first-order chi connectivity index (χ1) is 11.3. The molecule has 0 amide bonds. The third kappa shape index (κ3) is 3.52. The zero-order valence-electron chi connectivity index (χ0n) is 14.5. The molecule has 0 unspecified atom stereocenters. The molecule has 1 aromatic carbocycles. The first kappa shape index (κ1) is 16.3. The quantitative estimate of drug-likeness (QED) is 0.636. The summed E-state index contributed by atoms with van der Waals surface area (Å²) in [5.74, 6) is 0. The van der Waals surface area contributed by atoms with Crippen molar-refractivity contribution in [2.24, 2.45) is 0 Å². The Bertz CT molecular complexity index is 712. The highest BCUT2D eigenvalue weighted by Crippen LogP contribution is 2.24. The van der Waals surface area contributed by atoms with Gasteiger partial charge in [-0.15, -0.1) is 0 Å². The summed E-state index contributed by atoms with van der Waals surface area (Å²) in [5.41, 5.74) is 4.02. The Hall–Kier alpha value is -1.57. The molecule has 0 spiro atoms. The molecule has 0 bridgehead atoms. The third-order valence-corrected chi connectivity index (χ3v) is 5.27. The highest BCUT2D eigenvalue weighted by Gasteiger charge is 2.18. The Morgan fingerprint density at radius 1 is 0.957 bits per heavy atom. The van der Waals surface area contributed by atoms with Gasteiger partial charge in [0.15, 0.2) is 0 Å². The van der Waals surface area contributed by atoms with Gasteiger partial charge in [0.05, 0.1) is 10.9 Å². The largest absolute Gasteiger partial charge is 0.344 e. The van der Waals surface area contributed by atoms with Crippen molar-refractivity contribution in [3.05, 3.63) is 40.9 Å². The molecule has 0 saturated carbocycles. The van der Waals surface area contributed by atoms with Crippen LogP contribution in [0.5, 0.6) is 0 Å². The van der Waals surface area contributed by atoms with Crippen LogP contribution in [-0.4, -0.2) is 4.57 Å². The summed E-state index contributed by atoms with van der Waals surface area (Å²) < 4.78 is 2.53. The number of nitrogens with one attached hydrogen (secondary N) is 1. The lowest BCUT2D eigenvalue weighted by Crippen LogP contribution is -2.17. The van der Waals surface area contributed by atoms with Crippen LogP contribution in [0.15, 0.2) is 24.3 Å². The molecule has 0 atom stereocenters. The SMILES string of the molecule is CCCCCCCCCn1c2c(c(=N)c3ccccc31)CCC2. The van der Waals surface area contributed by atoms with Crippen LogP contribution in [0.1, 0.15) is 69.5 Å². The van der Waals surface area contributed by atoms with E-state index in [1.807, 2.05) is 0 Å². The van der Waals surface area contributed by atoms with Gasteiger partial charge < -0.3 is 4.57 Å². The van der Waals surface area contributed by atoms with Crippen molar-refractivity contribution >= 4 is 10.9 Å². The molecule has 124 valence electrons. The molecular weight excluding hydrogens is 280 g/mol. The van der Waals surface area contributed by atoms with Crippen LogP contribution in [-0.2, 0) is 19.4 Å². The molecule has 1 N–H and O–H groups in total. The van der Waals surface area contributed by atoms with E-state index < -0.39 is 0 Å². The van der Waals surface area contributed by atoms with Crippen molar-refractivity contribution in [2.75, 3.05) is 0 Å². The summed E-state index contributed by atoms with van der Waals surface area (Å²) in [7, 11) is 0. The monoisotopic (exact) mass is 310 g/mol. The summed E-state index contributed by atoms with van der Waals surface area (Å²) in [5, 5.41) is 10.4. The molecule has 2 aromatic rings. The molecule has 0 radical (unpaired) electrons. The average molecular weight is 310 g/mol. The van der Waals surface area contributed by atoms with E-state index in [0.717, 1.165) is 30.1 Å². The van der Waals surface area contributed by atoms with E-state index in [1.54, 1.807) is 0 Å². The summed E-state index contributed by atoms with van der Waals surface area (Å²) >= 11 is 0. The predicted molar refractivity (Wildman–Crippen MR) is 97.8 cm³/mol. The van der Waals surface area contributed by atoms with Crippen LogP contribution in [0.2, 0.25) is 0 Å². The van der Waals surface area contributed by atoms with Crippen molar-refractivity contribution in [3.63, 3.8) is 0 Å². The number of unbranched alkanes of at least 4 members (excludes halogenated alkanes) is 6. The molecule has 1 aliphatic carbocycles. The fourth-order valence-corrected chi connectivity index (χ4v) is 4.01. The first-order valence-electron chi connectivity index (χ1n) is 9.51. The van der Waals surface area contributed by atoms with Gasteiger partial charge >= 0.3 is 0 Å². The van der Waals surface area contributed by atoms with E-state index in [2.05, 4.69) is 35.8 Å². The second-order valence-corrected chi connectivity index (χ2v) is 6.94. The van der Waals surface area contributed by atoms with Crippen LogP contribution in [0.4, 0.5) is 0 Å². The number of para-hydroxylation sites is 1. The van der Waals surface area contributed by atoms with Gasteiger partial charge in [0.2, 0.25) is 0 Å². The van der Waals surface area contributed by atoms with E-state index in [1.165, 1.54) is 68.1 Å². The van der Waals surface area contributed by atoms with Gasteiger partial charge in [0, 0.05) is 17.6 Å².